The largest absolute Gasteiger partial charge is 0.330 e. The average molecular weight is 231 g/mol. The summed E-state index contributed by atoms with van der Waals surface area (Å²) in [7, 11) is 0. The van der Waals surface area contributed by atoms with Crippen LogP contribution < -0.4 is 5.73 Å². The molecule has 1 aliphatic carbocycles. The minimum Gasteiger partial charge on any atom is -0.330 e. The predicted molar refractivity (Wildman–Crippen MR) is 74.3 cm³/mol. The van der Waals surface area contributed by atoms with Crippen LogP contribution in [0.2, 0.25) is 0 Å². The van der Waals surface area contributed by atoms with Gasteiger partial charge in [-0.2, -0.15) is 0 Å². The Bertz CT molecular complexity index is 354. The third-order valence-corrected chi connectivity index (χ3v) is 3.87. The maximum absolute atomic E-state index is 5.73. The van der Waals surface area contributed by atoms with E-state index >= 15 is 0 Å². The van der Waals surface area contributed by atoms with Crippen LogP contribution in [0.3, 0.4) is 0 Å². The quantitative estimate of drug-likeness (QED) is 0.837. The van der Waals surface area contributed by atoms with Crippen molar-refractivity contribution in [2.24, 2.45) is 11.7 Å². The molecule has 1 aromatic rings. The highest BCUT2D eigenvalue weighted by Gasteiger charge is 2.31. The second kappa shape index (κ2) is 4.81. The van der Waals surface area contributed by atoms with Gasteiger partial charge in [0, 0.05) is 0 Å². The molecule has 2 rings (SSSR count). The van der Waals surface area contributed by atoms with Crippen molar-refractivity contribution in [2.45, 2.75) is 51.4 Å². The van der Waals surface area contributed by atoms with Crippen molar-refractivity contribution in [2.75, 3.05) is 6.54 Å². The van der Waals surface area contributed by atoms with Gasteiger partial charge in [-0.25, -0.2) is 0 Å². The molecule has 0 bridgehead atoms. The predicted octanol–water partition coefficient (Wildman–Crippen LogP) is 3.83. The molecular weight excluding hydrogens is 206 g/mol. The Hall–Kier alpha value is -0.820. The van der Waals surface area contributed by atoms with Crippen LogP contribution in [0.15, 0.2) is 24.3 Å². The highest BCUT2D eigenvalue weighted by Crippen LogP contribution is 2.44. The summed E-state index contributed by atoms with van der Waals surface area (Å²) in [6.07, 6.45) is 3.93. The third kappa shape index (κ3) is 3.10. The highest BCUT2D eigenvalue weighted by atomic mass is 14.5. The first-order valence-corrected chi connectivity index (χ1v) is 6.83. The lowest BCUT2D eigenvalue weighted by molar-refractivity contribution is 0.561. The molecule has 0 spiro atoms. The van der Waals surface area contributed by atoms with Crippen LogP contribution in [0.5, 0.6) is 0 Å². The van der Waals surface area contributed by atoms with Crippen LogP contribution in [0.1, 0.15) is 57.1 Å². The molecule has 1 saturated carbocycles. The smallest absolute Gasteiger partial charge is 0.00713 e. The number of benzene rings is 1. The minimum absolute atomic E-state index is 0.251. The molecule has 1 fully saturated rings. The Kier molecular flexibility index (Phi) is 3.58. The molecule has 1 atom stereocenters. The number of hydrogen-bond donors (Lipinski definition) is 1. The van der Waals surface area contributed by atoms with Gasteiger partial charge in [-0.05, 0) is 54.2 Å². The summed E-state index contributed by atoms with van der Waals surface area (Å²) < 4.78 is 0. The van der Waals surface area contributed by atoms with Gasteiger partial charge >= 0.3 is 0 Å². The second-order valence-electron chi connectivity index (χ2n) is 6.39. The van der Waals surface area contributed by atoms with E-state index in [9.17, 15) is 0 Å². The Balaban J connectivity index is 2.15. The molecule has 17 heavy (non-hydrogen) atoms. The van der Waals surface area contributed by atoms with Crippen LogP contribution in [-0.4, -0.2) is 6.54 Å². The molecule has 0 radical (unpaired) electrons. The Morgan fingerprint density at radius 1 is 1.18 bits per heavy atom. The lowest BCUT2D eigenvalue weighted by atomic mass is 9.84. The number of hydrogen-bond acceptors (Lipinski definition) is 1. The van der Waals surface area contributed by atoms with Crippen LogP contribution in [0.25, 0.3) is 0 Å². The highest BCUT2D eigenvalue weighted by molar-refractivity contribution is 5.30. The Labute approximate surface area is 105 Å². The van der Waals surface area contributed by atoms with Crippen molar-refractivity contribution in [3.05, 3.63) is 35.4 Å². The van der Waals surface area contributed by atoms with E-state index in [2.05, 4.69) is 45.0 Å². The summed E-state index contributed by atoms with van der Waals surface area (Å²) in [4.78, 5) is 0. The van der Waals surface area contributed by atoms with E-state index in [1.54, 1.807) is 0 Å². The normalized spacial score (nSPS) is 18.1. The van der Waals surface area contributed by atoms with Crippen LogP contribution in [0.4, 0.5) is 0 Å². The fourth-order valence-electron chi connectivity index (χ4n) is 2.58. The topological polar surface area (TPSA) is 26.0 Å². The molecule has 0 saturated heterocycles. The van der Waals surface area contributed by atoms with Gasteiger partial charge in [0.25, 0.3) is 0 Å². The van der Waals surface area contributed by atoms with Crippen LogP contribution in [0, 0.1) is 5.92 Å². The molecule has 0 heterocycles. The van der Waals surface area contributed by atoms with E-state index < -0.39 is 0 Å². The van der Waals surface area contributed by atoms with E-state index in [4.69, 9.17) is 5.73 Å². The van der Waals surface area contributed by atoms with E-state index in [0.717, 1.165) is 18.9 Å². The summed E-state index contributed by atoms with van der Waals surface area (Å²) in [5, 5.41) is 0. The van der Waals surface area contributed by atoms with Gasteiger partial charge in [0.2, 0.25) is 0 Å². The molecule has 1 aromatic carbocycles. The van der Waals surface area contributed by atoms with E-state index in [-0.39, 0.29) is 5.41 Å². The van der Waals surface area contributed by atoms with Gasteiger partial charge in [-0.15, -0.1) is 0 Å². The monoisotopic (exact) mass is 231 g/mol. The molecule has 1 nitrogen and oxygen atoms in total. The molecule has 0 amide bonds. The van der Waals surface area contributed by atoms with E-state index in [1.165, 1.54) is 24.0 Å². The Morgan fingerprint density at radius 2 is 1.76 bits per heavy atom. The number of rotatable bonds is 4. The van der Waals surface area contributed by atoms with Crippen molar-refractivity contribution >= 4 is 0 Å². The van der Waals surface area contributed by atoms with Crippen molar-refractivity contribution in [3.63, 3.8) is 0 Å². The zero-order valence-corrected chi connectivity index (χ0v) is 11.4. The van der Waals surface area contributed by atoms with Gasteiger partial charge in [-0.3, -0.25) is 0 Å². The standard InChI is InChI=1S/C16H25N/c1-16(2,3)14-8-6-13(7-9-14)15(10-11-17)12-4-5-12/h6-9,12,15H,4-5,10-11,17H2,1-3H3. The van der Waals surface area contributed by atoms with E-state index in [0.29, 0.717) is 5.92 Å². The first-order chi connectivity index (χ1) is 8.02. The average Bonchev–Trinajstić information content (AvgIpc) is 3.09. The molecule has 0 aromatic heterocycles. The summed E-state index contributed by atoms with van der Waals surface area (Å²) >= 11 is 0. The molecule has 1 aliphatic rings. The first kappa shape index (κ1) is 12.6. The van der Waals surface area contributed by atoms with Gasteiger partial charge in [0.1, 0.15) is 0 Å². The first-order valence-electron chi connectivity index (χ1n) is 6.83. The van der Waals surface area contributed by atoms with E-state index in [1.807, 2.05) is 0 Å². The second-order valence-corrected chi connectivity index (χ2v) is 6.39. The van der Waals surface area contributed by atoms with Gasteiger partial charge in [0.05, 0.1) is 0 Å². The third-order valence-electron chi connectivity index (χ3n) is 3.87. The summed E-state index contributed by atoms with van der Waals surface area (Å²) in [6.45, 7) is 7.60. The van der Waals surface area contributed by atoms with Gasteiger partial charge in [-0.1, -0.05) is 45.0 Å². The molecule has 94 valence electrons. The Morgan fingerprint density at radius 3 is 2.18 bits per heavy atom. The lowest BCUT2D eigenvalue weighted by Gasteiger charge is -2.21. The minimum atomic E-state index is 0.251. The number of nitrogens with two attached hydrogens (primary N) is 1. The van der Waals surface area contributed by atoms with Crippen LogP contribution in [-0.2, 0) is 5.41 Å². The molecule has 1 unspecified atom stereocenters. The maximum Gasteiger partial charge on any atom is -0.00713 e. The summed E-state index contributed by atoms with van der Waals surface area (Å²) in [5.74, 6) is 1.60. The van der Waals surface area contributed by atoms with Crippen LogP contribution >= 0.6 is 0 Å². The fraction of sp³-hybridized carbons (Fsp3) is 0.625. The van der Waals surface area contributed by atoms with Crippen molar-refractivity contribution < 1.29 is 0 Å². The van der Waals surface area contributed by atoms with Gasteiger partial charge < -0.3 is 5.73 Å². The zero-order valence-electron chi connectivity index (χ0n) is 11.4. The zero-order chi connectivity index (χ0) is 12.5. The van der Waals surface area contributed by atoms with Gasteiger partial charge in [0.15, 0.2) is 0 Å². The lowest BCUT2D eigenvalue weighted by Crippen LogP contribution is -2.12. The van der Waals surface area contributed by atoms with Crippen molar-refractivity contribution in [1.29, 1.82) is 0 Å². The van der Waals surface area contributed by atoms with Crippen molar-refractivity contribution in [1.82, 2.24) is 0 Å². The molecule has 1 heteroatoms. The van der Waals surface area contributed by atoms with Crippen molar-refractivity contribution in [3.8, 4) is 0 Å². The summed E-state index contributed by atoms with van der Waals surface area (Å²) in [6, 6.07) is 9.22. The summed E-state index contributed by atoms with van der Waals surface area (Å²) in [5.41, 5.74) is 8.89. The fourth-order valence-corrected chi connectivity index (χ4v) is 2.58. The molecular formula is C16H25N. The molecule has 2 N–H and O–H groups in total. The maximum atomic E-state index is 5.73. The SMILES string of the molecule is CC(C)(C)c1ccc(C(CCN)C2CC2)cc1. The molecule has 0 aliphatic heterocycles.